The van der Waals surface area contributed by atoms with Gasteiger partial charge in [0.2, 0.25) is 0 Å². The van der Waals surface area contributed by atoms with Gasteiger partial charge in [0.25, 0.3) is 0 Å². The number of hydrogen-bond acceptors (Lipinski definition) is 3. The molecular formula is C13H13NO2. The Morgan fingerprint density at radius 2 is 1.69 bits per heavy atom. The molecule has 0 aromatic heterocycles. The Balaban J connectivity index is 2.18. The standard InChI is InChI=1S/C13H13NO2/c14-12-3-1-2-4-13(12)16-11-7-5-10(9-15)6-8-11/h1-8,15H,9,14H2. The number of aliphatic hydroxyl groups excluding tert-OH is 1. The summed E-state index contributed by atoms with van der Waals surface area (Å²) in [6.07, 6.45) is 0. The Labute approximate surface area is 94.1 Å². The second-order valence-corrected chi connectivity index (χ2v) is 3.44. The van der Waals surface area contributed by atoms with Gasteiger partial charge in [0.05, 0.1) is 12.3 Å². The van der Waals surface area contributed by atoms with Crippen LogP contribution in [0.2, 0.25) is 0 Å². The second kappa shape index (κ2) is 4.68. The Kier molecular flexibility index (Phi) is 3.08. The summed E-state index contributed by atoms with van der Waals surface area (Å²) in [5.74, 6) is 1.34. The van der Waals surface area contributed by atoms with Crippen LogP contribution in [0.15, 0.2) is 48.5 Å². The van der Waals surface area contributed by atoms with Crippen LogP contribution in [0, 0.1) is 0 Å². The van der Waals surface area contributed by atoms with Crippen LogP contribution in [0.5, 0.6) is 11.5 Å². The number of nitrogen functional groups attached to an aromatic ring is 1. The number of hydrogen-bond donors (Lipinski definition) is 2. The summed E-state index contributed by atoms with van der Waals surface area (Å²) in [5.41, 5.74) is 7.22. The molecular weight excluding hydrogens is 202 g/mol. The van der Waals surface area contributed by atoms with E-state index in [1.54, 1.807) is 18.2 Å². The molecule has 3 nitrogen and oxygen atoms in total. The molecule has 0 aliphatic carbocycles. The summed E-state index contributed by atoms with van der Waals surface area (Å²) in [5, 5.41) is 8.90. The zero-order chi connectivity index (χ0) is 11.4. The highest BCUT2D eigenvalue weighted by Crippen LogP contribution is 2.26. The van der Waals surface area contributed by atoms with Gasteiger partial charge in [-0.05, 0) is 29.8 Å². The maximum absolute atomic E-state index is 8.90. The van der Waals surface area contributed by atoms with Crippen LogP contribution in [0.1, 0.15) is 5.56 Å². The first-order valence-corrected chi connectivity index (χ1v) is 5.02. The molecule has 0 amide bonds. The smallest absolute Gasteiger partial charge is 0.150 e. The fourth-order valence-corrected chi connectivity index (χ4v) is 1.36. The van der Waals surface area contributed by atoms with Gasteiger partial charge in [-0.1, -0.05) is 24.3 Å². The third-order valence-corrected chi connectivity index (χ3v) is 2.25. The first kappa shape index (κ1) is 10.5. The molecule has 0 saturated carbocycles. The number of anilines is 1. The minimum Gasteiger partial charge on any atom is -0.455 e. The minimum atomic E-state index is 0.0355. The lowest BCUT2D eigenvalue weighted by molar-refractivity contribution is 0.281. The minimum absolute atomic E-state index is 0.0355. The number of ether oxygens (including phenoxy) is 1. The normalized spacial score (nSPS) is 10.1. The van der Waals surface area contributed by atoms with Gasteiger partial charge in [-0.15, -0.1) is 0 Å². The molecule has 2 aromatic rings. The van der Waals surface area contributed by atoms with E-state index in [2.05, 4.69) is 0 Å². The largest absolute Gasteiger partial charge is 0.455 e. The first-order chi connectivity index (χ1) is 7.79. The number of benzene rings is 2. The molecule has 0 spiro atoms. The van der Waals surface area contributed by atoms with Gasteiger partial charge in [0, 0.05) is 0 Å². The Morgan fingerprint density at radius 1 is 1.00 bits per heavy atom. The van der Waals surface area contributed by atoms with E-state index in [0.29, 0.717) is 17.2 Å². The van der Waals surface area contributed by atoms with Gasteiger partial charge in [-0.3, -0.25) is 0 Å². The van der Waals surface area contributed by atoms with Crippen molar-refractivity contribution in [3.8, 4) is 11.5 Å². The van der Waals surface area contributed by atoms with Gasteiger partial charge in [0.1, 0.15) is 11.5 Å². The fraction of sp³-hybridized carbons (Fsp3) is 0.0769. The summed E-state index contributed by atoms with van der Waals surface area (Å²) in [6, 6.07) is 14.6. The van der Waals surface area contributed by atoms with Crippen LogP contribution in [-0.2, 0) is 6.61 Å². The van der Waals surface area contributed by atoms with Gasteiger partial charge in [-0.2, -0.15) is 0 Å². The molecule has 0 aliphatic rings. The van der Waals surface area contributed by atoms with Crippen LogP contribution >= 0.6 is 0 Å². The Bertz CT molecular complexity index is 466. The summed E-state index contributed by atoms with van der Waals surface area (Å²) < 4.78 is 5.60. The van der Waals surface area contributed by atoms with Gasteiger partial charge in [0.15, 0.2) is 0 Å². The summed E-state index contributed by atoms with van der Waals surface area (Å²) in [7, 11) is 0. The van der Waals surface area contributed by atoms with Gasteiger partial charge in [-0.25, -0.2) is 0 Å². The molecule has 0 radical (unpaired) electrons. The molecule has 82 valence electrons. The lowest BCUT2D eigenvalue weighted by Crippen LogP contribution is -1.91. The van der Waals surface area contributed by atoms with E-state index in [1.165, 1.54) is 0 Å². The van der Waals surface area contributed by atoms with Gasteiger partial charge < -0.3 is 15.6 Å². The summed E-state index contributed by atoms with van der Waals surface area (Å²) in [6.45, 7) is 0.0355. The monoisotopic (exact) mass is 215 g/mol. The molecule has 0 bridgehead atoms. The van der Waals surface area contributed by atoms with Crippen molar-refractivity contribution in [1.82, 2.24) is 0 Å². The molecule has 0 unspecified atom stereocenters. The number of para-hydroxylation sites is 2. The van der Waals surface area contributed by atoms with Crippen molar-refractivity contribution in [1.29, 1.82) is 0 Å². The third-order valence-electron chi connectivity index (χ3n) is 2.25. The quantitative estimate of drug-likeness (QED) is 0.773. The average Bonchev–Trinajstić information content (AvgIpc) is 2.33. The maximum Gasteiger partial charge on any atom is 0.150 e. The maximum atomic E-state index is 8.90. The Morgan fingerprint density at radius 3 is 2.31 bits per heavy atom. The molecule has 0 atom stereocenters. The third kappa shape index (κ3) is 2.32. The predicted molar refractivity (Wildman–Crippen MR) is 63.3 cm³/mol. The van der Waals surface area contributed by atoms with E-state index >= 15 is 0 Å². The van der Waals surface area contributed by atoms with E-state index < -0.39 is 0 Å². The van der Waals surface area contributed by atoms with Crippen molar-refractivity contribution >= 4 is 5.69 Å². The first-order valence-electron chi connectivity index (χ1n) is 5.02. The van der Waals surface area contributed by atoms with Crippen LogP contribution < -0.4 is 10.5 Å². The highest BCUT2D eigenvalue weighted by molar-refractivity contribution is 5.53. The van der Waals surface area contributed by atoms with E-state index in [-0.39, 0.29) is 6.61 Å². The fourth-order valence-electron chi connectivity index (χ4n) is 1.36. The molecule has 2 aromatic carbocycles. The molecule has 2 rings (SSSR count). The molecule has 0 aliphatic heterocycles. The van der Waals surface area contributed by atoms with Crippen molar-refractivity contribution < 1.29 is 9.84 Å². The lowest BCUT2D eigenvalue weighted by Gasteiger charge is -2.08. The van der Waals surface area contributed by atoms with Crippen molar-refractivity contribution in [3.63, 3.8) is 0 Å². The summed E-state index contributed by atoms with van der Waals surface area (Å²) in [4.78, 5) is 0. The topological polar surface area (TPSA) is 55.5 Å². The molecule has 0 saturated heterocycles. The van der Waals surface area contributed by atoms with Crippen molar-refractivity contribution in [2.45, 2.75) is 6.61 Å². The highest BCUT2D eigenvalue weighted by Gasteiger charge is 2.00. The van der Waals surface area contributed by atoms with E-state index in [9.17, 15) is 0 Å². The highest BCUT2D eigenvalue weighted by atomic mass is 16.5. The Hall–Kier alpha value is -2.00. The lowest BCUT2D eigenvalue weighted by atomic mass is 10.2. The molecule has 3 heteroatoms. The van der Waals surface area contributed by atoms with Crippen molar-refractivity contribution in [2.75, 3.05) is 5.73 Å². The predicted octanol–water partition coefficient (Wildman–Crippen LogP) is 2.55. The number of nitrogens with two attached hydrogens (primary N) is 1. The number of aliphatic hydroxyl groups is 1. The average molecular weight is 215 g/mol. The van der Waals surface area contributed by atoms with Crippen molar-refractivity contribution in [3.05, 3.63) is 54.1 Å². The van der Waals surface area contributed by atoms with Crippen LogP contribution in [-0.4, -0.2) is 5.11 Å². The van der Waals surface area contributed by atoms with E-state index in [1.807, 2.05) is 30.3 Å². The van der Waals surface area contributed by atoms with E-state index in [4.69, 9.17) is 15.6 Å². The molecule has 16 heavy (non-hydrogen) atoms. The van der Waals surface area contributed by atoms with E-state index in [0.717, 1.165) is 5.56 Å². The zero-order valence-electron chi connectivity index (χ0n) is 8.76. The molecule has 0 fully saturated rings. The van der Waals surface area contributed by atoms with Crippen LogP contribution in [0.3, 0.4) is 0 Å². The second-order valence-electron chi connectivity index (χ2n) is 3.44. The van der Waals surface area contributed by atoms with Crippen molar-refractivity contribution in [2.24, 2.45) is 0 Å². The molecule has 0 heterocycles. The zero-order valence-corrected chi connectivity index (χ0v) is 8.76. The van der Waals surface area contributed by atoms with Crippen LogP contribution in [0.4, 0.5) is 5.69 Å². The van der Waals surface area contributed by atoms with Crippen LogP contribution in [0.25, 0.3) is 0 Å². The van der Waals surface area contributed by atoms with Gasteiger partial charge >= 0.3 is 0 Å². The summed E-state index contributed by atoms with van der Waals surface area (Å²) >= 11 is 0. The SMILES string of the molecule is Nc1ccccc1Oc1ccc(CO)cc1. The number of rotatable bonds is 3. The molecule has 3 N–H and O–H groups in total.